The first-order valence-corrected chi connectivity index (χ1v) is 7.24. The quantitative estimate of drug-likeness (QED) is 0.849. The molecule has 9 heteroatoms. The third-order valence-corrected chi connectivity index (χ3v) is 3.93. The fraction of sp³-hybridized carbons (Fsp3) is 0.455. The third-order valence-electron chi connectivity index (χ3n) is 2.39. The van der Waals surface area contributed by atoms with Gasteiger partial charge in [0.05, 0.1) is 11.3 Å². The Kier molecular flexibility index (Phi) is 5.09. The molecule has 0 spiro atoms. The number of alkyl halides is 3. The molecule has 0 fully saturated rings. The first kappa shape index (κ1) is 16.8. The van der Waals surface area contributed by atoms with Gasteiger partial charge < -0.3 is 0 Å². The summed E-state index contributed by atoms with van der Waals surface area (Å²) < 4.78 is 89.6. The summed E-state index contributed by atoms with van der Waals surface area (Å²) in [6.07, 6.45) is -5.09. The highest BCUT2D eigenvalue weighted by Crippen LogP contribution is 2.35. The van der Waals surface area contributed by atoms with Crippen molar-refractivity contribution in [3.05, 3.63) is 35.4 Å². The molecule has 114 valence electrons. The Bertz CT molecular complexity index is 550. The maximum Gasteiger partial charge on any atom is 0.409 e. The van der Waals surface area contributed by atoms with Crippen LogP contribution in [0.25, 0.3) is 0 Å². The van der Waals surface area contributed by atoms with Gasteiger partial charge >= 0.3 is 6.18 Å². The summed E-state index contributed by atoms with van der Waals surface area (Å²) in [6.45, 7) is 1.45. The molecule has 0 aliphatic carbocycles. The molecule has 0 saturated carbocycles. The van der Waals surface area contributed by atoms with Crippen LogP contribution in [0, 0.1) is 11.6 Å². The Morgan fingerprint density at radius 2 is 1.70 bits per heavy atom. The van der Waals surface area contributed by atoms with Gasteiger partial charge in [-0.1, -0.05) is 13.0 Å². The van der Waals surface area contributed by atoms with Crippen LogP contribution in [0.3, 0.4) is 0 Å². The van der Waals surface area contributed by atoms with E-state index in [2.05, 4.69) is 0 Å². The first-order valence-electron chi connectivity index (χ1n) is 5.59. The molecule has 0 amide bonds. The molecule has 0 heterocycles. The summed E-state index contributed by atoms with van der Waals surface area (Å²) in [7, 11) is -4.30. The Morgan fingerprint density at radius 1 is 1.20 bits per heavy atom. The van der Waals surface area contributed by atoms with Gasteiger partial charge in [-0.2, -0.15) is 17.9 Å². The largest absolute Gasteiger partial charge is 0.409 e. The van der Waals surface area contributed by atoms with E-state index in [-0.39, 0.29) is 6.42 Å². The van der Waals surface area contributed by atoms with Crippen molar-refractivity contribution in [3.63, 3.8) is 0 Å². The summed E-state index contributed by atoms with van der Waals surface area (Å²) >= 11 is 0. The maximum atomic E-state index is 13.4. The van der Waals surface area contributed by atoms with E-state index in [0.29, 0.717) is 12.1 Å². The molecule has 0 aliphatic rings. The fourth-order valence-electron chi connectivity index (χ4n) is 1.58. The van der Waals surface area contributed by atoms with E-state index in [1.54, 1.807) is 0 Å². The second-order valence-electron chi connectivity index (χ2n) is 4.05. The predicted octanol–water partition coefficient (Wildman–Crippen LogP) is 2.90. The van der Waals surface area contributed by atoms with Crippen molar-refractivity contribution in [1.82, 2.24) is 4.72 Å². The number of nitrogens with one attached hydrogen (secondary N) is 1. The molecule has 1 atom stereocenters. The van der Waals surface area contributed by atoms with Crippen LogP contribution in [-0.2, 0) is 10.0 Å². The molecule has 0 aliphatic heterocycles. The molecular weight excluding hydrogens is 305 g/mol. The van der Waals surface area contributed by atoms with Gasteiger partial charge in [-0.15, -0.1) is 0 Å². The molecule has 0 radical (unpaired) electrons. The number of sulfonamides is 1. The lowest BCUT2D eigenvalue weighted by atomic mass is 10.1. The van der Waals surface area contributed by atoms with Gasteiger partial charge in [0.1, 0.15) is 17.7 Å². The zero-order chi connectivity index (χ0) is 15.6. The summed E-state index contributed by atoms with van der Waals surface area (Å²) in [5.41, 5.74) is -1.36. The molecule has 0 bridgehead atoms. The predicted molar refractivity (Wildman–Crippen MR) is 62.4 cm³/mol. The van der Waals surface area contributed by atoms with Gasteiger partial charge in [0.2, 0.25) is 10.0 Å². The molecule has 1 N–H and O–H groups in total. The fourth-order valence-corrected chi connectivity index (χ4v) is 2.85. The molecule has 0 saturated heterocycles. The number of rotatable bonds is 5. The van der Waals surface area contributed by atoms with E-state index in [0.717, 1.165) is 6.07 Å². The first-order chi connectivity index (χ1) is 9.08. The van der Waals surface area contributed by atoms with Gasteiger partial charge in [-0.05, 0) is 18.6 Å². The van der Waals surface area contributed by atoms with Crippen LogP contribution >= 0.6 is 0 Å². The van der Waals surface area contributed by atoms with Crippen molar-refractivity contribution in [2.24, 2.45) is 0 Å². The summed E-state index contributed by atoms with van der Waals surface area (Å²) in [5, 5.41) is 0. The van der Waals surface area contributed by atoms with Crippen molar-refractivity contribution < 1.29 is 30.4 Å². The van der Waals surface area contributed by atoms with Crippen LogP contribution in [0.15, 0.2) is 18.2 Å². The molecular formula is C11H12F5NO2S. The highest BCUT2D eigenvalue weighted by molar-refractivity contribution is 7.89. The summed E-state index contributed by atoms with van der Waals surface area (Å²) in [4.78, 5) is 0. The standard InChI is InChI=1S/C11H12F5NO2S/c1-2-6-20(18,19)17-10(11(14,15)16)9-7(12)4-3-5-8(9)13/h3-5,10,17H,2,6H2,1H3/t10-/m1/s1. The Balaban J connectivity index is 3.29. The van der Waals surface area contributed by atoms with Crippen molar-refractivity contribution in [1.29, 1.82) is 0 Å². The maximum absolute atomic E-state index is 13.4. The molecule has 1 aromatic rings. The lowest BCUT2D eigenvalue weighted by molar-refractivity contribution is -0.154. The van der Waals surface area contributed by atoms with E-state index < -0.39 is 45.2 Å². The van der Waals surface area contributed by atoms with Crippen LogP contribution in [0.4, 0.5) is 22.0 Å². The second-order valence-corrected chi connectivity index (χ2v) is 5.92. The van der Waals surface area contributed by atoms with E-state index in [4.69, 9.17) is 0 Å². The molecule has 0 unspecified atom stereocenters. The van der Waals surface area contributed by atoms with Crippen molar-refractivity contribution in [2.45, 2.75) is 25.6 Å². The highest BCUT2D eigenvalue weighted by Gasteiger charge is 2.45. The number of halogens is 5. The second kappa shape index (κ2) is 6.04. The lowest BCUT2D eigenvalue weighted by Crippen LogP contribution is -2.40. The molecule has 1 aromatic carbocycles. The lowest BCUT2D eigenvalue weighted by Gasteiger charge is -2.22. The molecule has 20 heavy (non-hydrogen) atoms. The van der Waals surface area contributed by atoms with Crippen LogP contribution in [-0.4, -0.2) is 20.3 Å². The number of benzene rings is 1. The minimum Gasteiger partial charge on any atom is -0.212 e. The Hall–Kier alpha value is -1.22. The van der Waals surface area contributed by atoms with Crippen LogP contribution < -0.4 is 4.72 Å². The van der Waals surface area contributed by atoms with Gasteiger partial charge in [0.25, 0.3) is 0 Å². The number of hydrogen-bond donors (Lipinski definition) is 1. The summed E-state index contributed by atoms with van der Waals surface area (Å²) in [6, 6.07) is -0.807. The van der Waals surface area contributed by atoms with Crippen LogP contribution in [0.2, 0.25) is 0 Å². The summed E-state index contributed by atoms with van der Waals surface area (Å²) in [5.74, 6) is -3.51. The average Bonchev–Trinajstić information content (AvgIpc) is 2.25. The topological polar surface area (TPSA) is 46.2 Å². The van der Waals surface area contributed by atoms with E-state index in [1.165, 1.54) is 11.6 Å². The zero-order valence-electron chi connectivity index (χ0n) is 10.3. The van der Waals surface area contributed by atoms with E-state index >= 15 is 0 Å². The molecule has 1 rings (SSSR count). The molecule has 0 aromatic heterocycles. The van der Waals surface area contributed by atoms with E-state index in [1.807, 2.05) is 0 Å². The van der Waals surface area contributed by atoms with E-state index in [9.17, 15) is 30.4 Å². The average molecular weight is 317 g/mol. The van der Waals surface area contributed by atoms with Crippen LogP contribution in [0.5, 0.6) is 0 Å². The monoisotopic (exact) mass is 317 g/mol. The van der Waals surface area contributed by atoms with Crippen molar-refractivity contribution in [3.8, 4) is 0 Å². The smallest absolute Gasteiger partial charge is 0.212 e. The van der Waals surface area contributed by atoms with Gasteiger partial charge in [-0.25, -0.2) is 17.2 Å². The Labute approximate surface area is 112 Å². The highest BCUT2D eigenvalue weighted by atomic mass is 32.2. The van der Waals surface area contributed by atoms with Crippen LogP contribution in [0.1, 0.15) is 24.9 Å². The zero-order valence-corrected chi connectivity index (χ0v) is 11.2. The molecule has 3 nitrogen and oxygen atoms in total. The minimum absolute atomic E-state index is 0.0691. The van der Waals surface area contributed by atoms with Crippen molar-refractivity contribution >= 4 is 10.0 Å². The third kappa shape index (κ3) is 4.14. The Morgan fingerprint density at radius 3 is 2.10 bits per heavy atom. The number of hydrogen-bond acceptors (Lipinski definition) is 2. The SMILES string of the molecule is CCCS(=O)(=O)N[C@H](c1c(F)cccc1F)C(F)(F)F. The van der Waals surface area contributed by atoms with Gasteiger partial charge in [0.15, 0.2) is 0 Å². The normalized spacial score (nSPS) is 14.3. The van der Waals surface area contributed by atoms with Gasteiger partial charge in [0, 0.05) is 0 Å². The van der Waals surface area contributed by atoms with Gasteiger partial charge in [-0.3, -0.25) is 0 Å². The minimum atomic E-state index is -5.16. The van der Waals surface area contributed by atoms with Crippen molar-refractivity contribution in [2.75, 3.05) is 5.75 Å².